The third kappa shape index (κ3) is 6.76. The molecule has 0 rings (SSSR count). The van der Waals surface area contributed by atoms with E-state index in [-0.39, 0.29) is 19.6 Å². The van der Waals surface area contributed by atoms with Gasteiger partial charge in [-0.15, -0.1) is 0 Å². The second-order valence-electron chi connectivity index (χ2n) is 2.29. The minimum absolute atomic E-state index is 0.106. The van der Waals surface area contributed by atoms with Crippen LogP contribution in [0.5, 0.6) is 0 Å². The van der Waals surface area contributed by atoms with Crippen LogP contribution in [0.3, 0.4) is 0 Å². The number of hydrogen-bond donors (Lipinski definition) is 3. The van der Waals surface area contributed by atoms with E-state index in [1.165, 1.54) is 11.1 Å². The summed E-state index contributed by atoms with van der Waals surface area (Å²) >= 11 is 0. The number of nitrogens with zero attached hydrogens (tertiary/aromatic N) is 2. The van der Waals surface area contributed by atoms with Crippen LogP contribution in [0, 0.1) is 0 Å². The van der Waals surface area contributed by atoms with E-state index in [2.05, 4.69) is 5.10 Å². The number of carboxylic acids is 2. The minimum Gasteiger partial charge on any atom is -0.480 e. The van der Waals surface area contributed by atoms with Gasteiger partial charge in [0, 0.05) is 12.8 Å². The third-order valence-electron chi connectivity index (χ3n) is 1.16. The van der Waals surface area contributed by atoms with Crippen molar-refractivity contribution in [1.82, 2.24) is 4.90 Å². The maximum absolute atomic E-state index is 10.2. The molecule has 0 saturated heterocycles. The summed E-state index contributed by atoms with van der Waals surface area (Å²) in [5.41, 5.74) is 0. The van der Waals surface area contributed by atoms with Crippen molar-refractivity contribution in [2.24, 2.45) is 10.9 Å². The van der Waals surface area contributed by atoms with Gasteiger partial charge in [0.15, 0.2) is 0 Å². The standard InChI is InChI=1S/C6H11N3O4/c7-8-1-2-9(3-5(10)11)4-6(12)13/h1H,2-4,7H2,(H,10,11)(H,12,13). The van der Waals surface area contributed by atoms with Crippen LogP contribution >= 0.6 is 0 Å². The molecule has 0 saturated carbocycles. The highest BCUT2D eigenvalue weighted by molar-refractivity contribution is 5.73. The lowest BCUT2D eigenvalue weighted by Gasteiger charge is -2.14. The molecule has 4 N–H and O–H groups in total. The van der Waals surface area contributed by atoms with Crippen LogP contribution in [0.2, 0.25) is 0 Å². The largest absolute Gasteiger partial charge is 0.480 e. The Morgan fingerprint density at radius 3 is 2.08 bits per heavy atom. The van der Waals surface area contributed by atoms with Crippen molar-refractivity contribution in [3.05, 3.63) is 0 Å². The summed E-state index contributed by atoms with van der Waals surface area (Å²) in [5, 5.41) is 19.9. The van der Waals surface area contributed by atoms with E-state index < -0.39 is 11.9 Å². The highest BCUT2D eigenvalue weighted by atomic mass is 16.4. The van der Waals surface area contributed by atoms with Gasteiger partial charge in [0.05, 0.1) is 13.1 Å². The molecule has 74 valence electrons. The Morgan fingerprint density at radius 1 is 1.31 bits per heavy atom. The van der Waals surface area contributed by atoms with Gasteiger partial charge in [-0.2, -0.15) is 5.10 Å². The molecular formula is C6H11N3O4. The molecule has 0 amide bonds. The third-order valence-corrected chi connectivity index (χ3v) is 1.16. The summed E-state index contributed by atoms with van der Waals surface area (Å²) < 4.78 is 0. The van der Waals surface area contributed by atoms with Crippen LogP contribution in [0.1, 0.15) is 0 Å². The Labute approximate surface area is 74.4 Å². The molecular weight excluding hydrogens is 178 g/mol. The molecule has 0 aromatic rings. The summed E-state index contributed by atoms with van der Waals surface area (Å²) in [6.45, 7) is -0.592. The Morgan fingerprint density at radius 2 is 1.77 bits per heavy atom. The second kappa shape index (κ2) is 5.95. The minimum atomic E-state index is -1.09. The molecule has 0 unspecified atom stereocenters. The van der Waals surface area contributed by atoms with E-state index in [0.717, 1.165) is 0 Å². The van der Waals surface area contributed by atoms with E-state index in [1.807, 2.05) is 0 Å². The maximum atomic E-state index is 10.2. The van der Waals surface area contributed by atoms with Gasteiger partial charge in [-0.1, -0.05) is 0 Å². The first kappa shape index (κ1) is 11.4. The lowest BCUT2D eigenvalue weighted by molar-refractivity contribution is -0.141. The van der Waals surface area contributed by atoms with Gasteiger partial charge in [-0.05, 0) is 0 Å². The molecule has 0 bridgehead atoms. The van der Waals surface area contributed by atoms with Crippen LogP contribution in [0.15, 0.2) is 5.10 Å². The monoisotopic (exact) mass is 189 g/mol. The van der Waals surface area contributed by atoms with Crippen molar-refractivity contribution in [1.29, 1.82) is 0 Å². The Balaban J connectivity index is 4.01. The molecule has 0 fully saturated rings. The van der Waals surface area contributed by atoms with Gasteiger partial charge < -0.3 is 16.1 Å². The molecule has 0 radical (unpaired) electrons. The highest BCUT2D eigenvalue weighted by Crippen LogP contribution is 1.85. The highest BCUT2D eigenvalue weighted by Gasteiger charge is 2.11. The fourth-order valence-electron chi connectivity index (χ4n) is 0.730. The Kier molecular flexibility index (Phi) is 5.20. The molecule has 0 aromatic heterocycles. The predicted octanol–water partition coefficient (Wildman–Crippen LogP) is -1.60. The van der Waals surface area contributed by atoms with Gasteiger partial charge in [0.25, 0.3) is 0 Å². The molecule has 0 aliphatic rings. The second-order valence-corrected chi connectivity index (χ2v) is 2.29. The molecule has 0 heterocycles. The SMILES string of the molecule is NN=CCN(CC(=O)O)CC(=O)O. The quantitative estimate of drug-likeness (QED) is 0.263. The zero-order valence-corrected chi connectivity index (χ0v) is 6.88. The number of nitrogens with two attached hydrogens (primary N) is 1. The van der Waals surface area contributed by atoms with E-state index in [4.69, 9.17) is 16.1 Å². The summed E-state index contributed by atoms with van der Waals surface area (Å²) in [4.78, 5) is 21.7. The predicted molar refractivity (Wildman–Crippen MR) is 44.4 cm³/mol. The first-order chi connectivity index (χ1) is 6.06. The maximum Gasteiger partial charge on any atom is 0.317 e. The smallest absolute Gasteiger partial charge is 0.317 e. The fraction of sp³-hybridized carbons (Fsp3) is 0.500. The number of carboxylic acid groups (broad SMARTS) is 2. The number of hydrogen-bond acceptors (Lipinski definition) is 5. The Hall–Kier alpha value is -1.63. The first-order valence-electron chi connectivity index (χ1n) is 3.44. The molecule has 13 heavy (non-hydrogen) atoms. The molecule has 0 aliphatic carbocycles. The summed E-state index contributed by atoms with van der Waals surface area (Å²) in [6, 6.07) is 0. The lowest BCUT2D eigenvalue weighted by atomic mass is 10.4. The number of carbonyl (C=O) groups is 2. The van der Waals surface area contributed by atoms with Crippen molar-refractivity contribution in [3.63, 3.8) is 0 Å². The van der Waals surface area contributed by atoms with Crippen molar-refractivity contribution in [3.8, 4) is 0 Å². The topological polar surface area (TPSA) is 116 Å². The summed E-state index contributed by atoms with van der Waals surface area (Å²) in [7, 11) is 0. The van der Waals surface area contributed by atoms with E-state index in [1.54, 1.807) is 0 Å². The normalized spacial score (nSPS) is 10.8. The van der Waals surface area contributed by atoms with Crippen molar-refractivity contribution < 1.29 is 19.8 Å². The van der Waals surface area contributed by atoms with Crippen LogP contribution in [0.25, 0.3) is 0 Å². The molecule has 0 atom stereocenters. The average Bonchev–Trinajstić information content (AvgIpc) is 1.98. The molecule has 0 aromatic carbocycles. The van der Waals surface area contributed by atoms with E-state index >= 15 is 0 Å². The van der Waals surface area contributed by atoms with Crippen molar-refractivity contribution in [2.75, 3.05) is 19.6 Å². The van der Waals surface area contributed by atoms with Crippen molar-refractivity contribution in [2.45, 2.75) is 0 Å². The molecule has 7 nitrogen and oxygen atoms in total. The van der Waals surface area contributed by atoms with Crippen LogP contribution < -0.4 is 5.84 Å². The summed E-state index contributed by atoms with van der Waals surface area (Å²) in [6.07, 6.45) is 1.24. The van der Waals surface area contributed by atoms with Crippen LogP contribution in [0.4, 0.5) is 0 Å². The number of rotatable bonds is 6. The zero-order chi connectivity index (χ0) is 10.3. The van der Waals surface area contributed by atoms with Crippen molar-refractivity contribution >= 4 is 18.2 Å². The van der Waals surface area contributed by atoms with Gasteiger partial charge in [-0.3, -0.25) is 14.5 Å². The van der Waals surface area contributed by atoms with Crippen LogP contribution in [-0.2, 0) is 9.59 Å². The van der Waals surface area contributed by atoms with Gasteiger partial charge >= 0.3 is 11.9 Å². The van der Waals surface area contributed by atoms with Gasteiger partial charge in [0.2, 0.25) is 0 Å². The lowest BCUT2D eigenvalue weighted by Crippen LogP contribution is -2.35. The first-order valence-corrected chi connectivity index (χ1v) is 3.44. The van der Waals surface area contributed by atoms with E-state index in [9.17, 15) is 9.59 Å². The van der Waals surface area contributed by atoms with Gasteiger partial charge in [0.1, 0.15) is 0 Å². The van der Waals surface area contributed by atoms with E-state index in [0.29, 0.717) is 0 Å². The molecule has 0 spiro atoms. The molecule has 0 aliphatic heterocycles. The molecule has 7 heteroatoms. The number of hydrazone groups is 1. The Bertz CT molecular complexity index is 200. The van der Waals surface area contributed by atoms with Gasteiger partial charge in [-0.25, -0.2) is 0 Å². The fourth-order valence-corrected chi connectivity index (χ4v) is 0.730. The number of aliphatic carboxylic acids is 2. The average molecular weight is 189 g/mol. The van der Waals surface area contributed by atoms with Crippen LogP contribution in [-0.4, -0.2) is 52.9 Å². The summed E-state index contributed by atoms with van der Waals surface area (Å²) in [5.74, 6) is 2.60. The zero-order valence-electron chi connectivity index (χ0n) is 6.88.